The highest BCUT2D eigenvalue weighted by atomic mass is 127. The van der Waals surface area contributed by atoms with Crippen molar-refractivity contribution in [3.05, 3.63) is 18.7 Å². The summed E-state index contributed by atoms with van der Waals surface area (Å²) >= 11 is 0. The zero-order valence-electron chi connectivity index (χ0n) is 9.18. The molecule has 1 aromatic rings. The van der Waals surface area contributed by atoms with E-state index in [0.717, 1.165) is 13.1 Å². The normalized spacial score (nSPS) is 10.1. The van der Waals surface area contributed by atoms with Crippen molar-refractivity contribution < 1.29 is 0 Å². The Morgan fingerprint density at radius 1 is 1.56 bits per heavy atom. The second-order valence-corrected chi connectivity index (χ2v) is 2.86. The molecule has 16 heavy (non-hydrogen) atoms. The van der Waals surface area contributed by atoms with Crippen LogP contribution in [0.15, 0.2) is 23.7 Å². The summed E-state index contributed by atoms with van der Waals surface area (Å²) in [7, 11) is 1.71. The fourth-order valence-corrected chi connectivity index (χ4v) is 1.08. The highest BCUT2D eigenvalue weighted by Gasteiger charge is 1.94. The Bertz CT molecular complexity index is 339. The first-order chi connectivity index (χ1) is 7.36. The van der Waals surface area contributed by atoms with Crippen LogP contribution in [0, 0.1) is 12.3 Å². The fourth-order valence-electron chi connectivity index (χ4n) is 1.08. The van der Waals surface area contributed by atoms with Gasteiger partial charge < -0.3 is 15.2 Å². The Balaban J connectivity index is 0.00000225. The van der Waals surface area contributed by atoms with Crippen molar-refractivity contribution >= 4 is 29.9 Å². The summed E-state index contributed by atoms with van der Waals surface area (Å²) in [6.45, 7) is 2.10. The summed E-state index contributed by atoms with van der Waals surface area (Å²) in [5, 5.41) is 6.11. The Morgan fingerprint density at radius 3 is 2.94 bits per heavy atom. The molecule has 0 bridgehead atoms. The molecule has 0 aromatic carbocycles. The van der Waals surface area contributed by atoms with Crippen LogP contribution in [0.2, 0.25) is 0 Å². The number of nitrogens with zero attached hydrogens (tertiary/aromatic N) is 3. The van der Waals surface area contributed by atoms with Crippen molar-refractivity contribution in [2.45, 2.75) is 6.54 Å². The number of nitrogens with one attached hydrogen (secondary N) is 2. The van der Waals surface area contributed by atoms with Crippen molar-refractivity contribution in [2.75, 3.05) is 20.1 Å². The molecule has 0 aliphatic heterocycles. The topological polar surface area (TPSA) is 54.2 Å². The van der Waals surface area contributed by atoms with E-state index >= 15 is 0 Å². The largest absolute Gasteiger partial charge is 0.355 e. The second-order valence-electron chi connectivity index (χ2n) is 2.86. The van der Waals surface area contributed by atoms with E-state index in [1.54, 1.807) is 19.6 Å². The minimum absolute atomic E-state index is 0. The molecule has 0 saturated carbocycles. The van der Waals surface area contributed by atoms with Crippen LogP contribution in [-0.4, -0.2) is 35.6 Å². The van der Waals surface area contributed by atoms with Gasteiger partial charge in [-0.15, -0.1) is 30.4 Å². The quantitative estimate of drug-likeness (QED) is 0.361. The molecule has 0 saturated heterocycles. The number of imidazole rings is 1. The lowest BCUT2D eigenvalue weighted by Gasteiger charge is -2.09. The summed E-state index contributed by atoms with van der Waals surface area (Å²) < 4.78 is 1.99. The van der Waals surface area contributed by atoms with E-state index in [9.17, 15) is 0 Å². The first-order valence-corrected chi connectivity index (χ1v) is 4.70. The first kappa shape index (κ1) is 14.8. The molecule has 1 aromatic heterocycles. The number of halogens is 1. The van der Waals surface area contributed by atoms with Gasteiger partial charge in [-0.2, -0.15) is 0 Å². The Labute approximate surface area is 113 Å². The highest BCUT2D eigenvalue weighted by Crippen LogP contribution is 1.83. The maximum absolute atomic E-state index is 5.13. The summed E-state index contributed by atoms with van der Waals surface area (Å²) in [6, 6.07) is 0. The summed E-state index contributed by atoms with van der Waals surface area (Å²) in [5.74, 6) is 3.21. The van der Waals surface area contributed by atoms with E-state index in [-0.39, 0.29) is 24.0 Å². The van der Waals surface area contributed by atoms with Gasteiger partial charge in [0.05, 0.1) is 12.9 Å². The van der Waals surface area contributed by atoms with Gasteiger partial charge in [0.2, 0.25) is 0 Å². The molecular formula is C10H16IN5. The Morgan fingerprint density at radius 2 is 2.38 bits per heavy atom. The standard InChI is InChI=1S/C10H15N5.HI/c1-3-4-13-10(11-2)14-6-8-15-7-5-12-9-15;/h1,5,7,9H,4,6,8H2,2H3,(H2,11,13,14);1H. The van der Waals surface area contributed by atoms with Crippen molar-refractivity contribution in [3.63, 3.8) is 0 Å². The van der Waals surface area contributed by atoms with Gasteiger partial charge in [0.25, 0.3) is 0 Å². The van der Waals surface area contributed by atoms with Gasteiger partial charge in [-0.05, 0) is 0 Å². The molecule has 6 heteroatoms. The average molecular weight is 333 g/mol. The molecule has 1 rings (SSSR count). The fraction of sp³-hybridized carbons (Fsp3) is 0.400. The number of aromatic nitrogens is 2. The molecule has 88 valence electrons. The number of hydrogen-bond donors (Lipinski definition) is 2. The molecule has 0 fully saturated rings. The van der Waals surface area contributed by atoms with E-state index in [2.05, 4.69) is 26.5 Å². The molecule has 5 nitrogen and oxygen atoms in total. The van der Waals surface area contributed by atoms with Gasteiger partial charge in [-0.1, -0.05) is 5.92 Å². The molecule has 0 unspecified atom stereocenters. The zero-order valence-corrected chi connectivity index (χ0v) is 11.5. The van der Waals surface area contributed by atoms with Crippen molar-refractivity contribution in [3.8, 4) is 12.3 Å². The van der Waals surface area contributed by atoms with Crippen LogP contribution < -0.4 is 10.6 Å². The van der Waals surface area contributed by atoms with Crippen LogP contribution in [0.25, 0.3) is 0 Å². The van der Waals surface area contributed by atoms with E-state index in [1.807, 2.05) is 10.8 Å². The average Bonchev–Trinajstić information content (AvgIpc) is 2.76. The molecular weight excluding hydrogens is 317 g/mol. The maximum Gasteiger partial charge on any atom is 0.191 e. The predicted molar refractivity (Wildman–Crippen MR) is 75.8 cm³/mol. The van der Waals surface area contributed by atoms with E-state index in [1.165, 1.54) is 0 Å². The minimum Gasteiger partial charge on any atom is -0.355 e. The molecule has 0 spiro atoms. The third-order valence-electron chi connectivity index (χ3n) is 1.80. The number of aliphatic imine (C=N–C) groups is 1. The van der Waals surface area contributed by atoms with Gasteiger partial charge in [0, 0.05) is 32.5 Å². The minimum atomic E-state index is 0. The van der Waals surface area contributed by atoms with Crippen LogP contribution in [0.3, 0.4) is 0 Å². The molecule has 0 aliphatic rings. The molecule has 1 heterocycles. The lowest BCUT2D eigenvalue weighted by molar-refractivity contribution is 0.665. The SMILES string of the molecule is C#CCNC(=NC)NCCn1ccnc1.I. The maximum atomic E-state index is 5.13. The van der Waals surface area contributed by atoms with Crippen LogP contribution in [0.5, 0.6) is 0 Å². The molecule has 0 atom stereocenters. The summed E-state index contributed by atoms with van der Waals surface area (Å²) in [5.41, 5.74) is 0. The number of terminal acetylenes is 1. The Hall–Kier alpha value is -1.23. The summed E-state index contributed by atoms with van der Waals surface area (Å²) in [6.07, 6.45) is 10.6. The lowest BCUT2D eigenvalue weighted by atomic mass is 10.6. The van der Waals surface area contributed by atoms with Crippen molar-refractivity contribution in [1.82, 2.24) is 20.2 Å². The summed E-state index contributed by atoms with van der Waals surface area (Å²) in [4.78, 5) is 7.97. The van der Waals surface area contributed by atoms with E-state index in [4.69, 9.17) is 6.42 Å². The van der Waals surface area contributed by atoms with Crippen LogP contribution in [-0.2, 0) is 6.54 Å². The lowest BCUT2D eigenvalue weighted by Crippen LogP contribution is -2.38. The smallest absolute Gasteiger partial charge is 0.191 e. The Kier molecular flexibility index (Phi) is 8.34. The van der Waals surface area contributed by atoms with Gasteiger partial charge >= 0.3 is 0 Å². The number of rotatable bonds is 4. The number of hydrogen-bond acceptors (Lipinski definition) is 2. The highest BCUT2D eigenvalue weighted by molar-refractivity contribution is 14.0. The second kappa shape index (κ2) is 9.03. The van der Waals surface area contributed by atoms with E-state index in [0.29, 0.717) is 12.5 Å². The van der Waals surface area contributed by atoms with Crippen molar-refractivity contribution in [1.29, 1.82) is 0 Å². The van der Waals surface area contributed by atoms with Gasteiger partial charge in [-0.3, -0.25) is 4.99 Å². The van der Waals surface area contributed by atoms with Crippen LogP contribution in [0.1, 0.15) is 0 Å². The van der Waals surface area contributed by atoms with Crippen LogP contribution in [0.4, 0.5) is 0 Å². The molecule has 0 radical (unpaired) electrons. The van der Waals surface area contributed by atoms with Gasteiger partial charge in [0.15, 0.2) is 5.96 Å². The predicted octanol–water partition coefficient (Wildman–Crippen LogP) is 0.299. The van der Waals surface area contributed by atoms with Gasteiger partial charge in [-0.25, -0.2) is 4.98 Å². The molecule has 0 aliphatic carbocycles. The molecule has 2 N–H and O–H groups in total. The van der Waals surface area contributed by atoms with Crippen molar-refractivity contribution in [2.24, 2.45) is 4.99 Å². The first-order valence-electron chi connectivity index (χ1n) is 4.70. The number of guanidine groups is 1. The monoisotopic (exact) mass is 333 g/mol. The third-order valence-corrected chi connectivity index (χ3v) is 1.80. The van der Waals surface area contributed by atoms with E-state index < -0.39 is 0 Å². The zero-order chi connectivity index (χ0) is 10.9. The third kappa shape index (κ3) is 5.60. The van der Waals surface area contributed by atoms with Crippen LogP contribution >= 0.6 is 24.0 Å². The van der Waals surface area contributed by atoms with Gasteiger partial charge in [0.1, 0.15) is 0 Å². The molecule has 0 amide bonds.